The van der Waals surface area contributed by atoms with E-state index in [0.29, 0.717) is 17.1 Å². The molecule has 0 radical (unpaired) electrons. The van der Waals surface area contributed by atoms with Crippen LogP contribution in [0.1, 0.15) is 29.8 Å². The fourth-order valence-electron chi connectivity index (χ4n) is 2.62. The van der Waals surface area contributed by atoms with Crippen molar-refractivity contribution in [3.63, 3.8) is 0 Å². The SMILES string of the molecule is Cc1ccc(Oc2cccc([C@H](C)NC(=O)/C=C/c3ccccc3F)c2)cn1. The maximum absolute atomic E-state index is 13.6. The standard InChI is InChI=1S/C23H21FN2O2/c1-16-10-12-21(15-25-16)28-20-8-5-7-19(14-20)17(2)26-23(27)13-11-18-6-3-4-9-22(18)24/h3-15,17H,1-2H3,(H,26,27)/b13-11+/t17-/m0/s1. The van der Waals surface area contributed by atoms with Gasteiger partial charge in [0.25, 0.3) is 0 Å². The van der Waals surface area contributed by atoms with Gasteiger partial charge in [-0.15, -0.1) is 0 Å². The van der Waals surface area contributed by atoms with Crippen LogP contribution in [0.3, 0.4) is 0 Å². The molecule has 3 rings (SSSR count). The summed E-state index contributed by atoms with van der Waals surface area (Å²) < 4.78 is 19.4. The van der Waals surface area contributed by atoms with Crippen molar-refractivity contribution in [1.29, 1.82) is 0 Å². The highest BCUT2D eigenvalue weighted by atomic mass is 19.1. The topological polar surface area (TPSA) is 51.2 Å². The molecule has 0 aliphatic heterocycles. The van der Waals surface area contributed by atoms with E-state index in [4.69, 9.17) is 4.74 Å². The Morgan fingerprint density at radius 1 is 1.11 bits per heavy atom. The summed E-state index contributed by atoms with van der Waals surface area (Å²) in [5.41, 5.74) is 2.18. The predicted octanol–water partition coefficient (Wildman–Crippen LogP) is 5.21. The summed E-state index contributed by atoms with van der Waals surface area (Å²) in [6, 6.07) is 17.3. The number of benzene rings is 2. The molecule has 0 saturated carbocycles. The van der Waals surface area contributed by atoms with Gasteiger partial charge >= 0.3 is 0 Å². The summed E-state index contributed by atoms with van der Waals surface area (Å²) in [6.45, 7) is 3.79. The first-order valence-electron chi connectivity index (χ1n) is 8.95. The summed E-state index contributed by atoms with van der Waals surface area (Å²) in [6.07, 6.45) is 4.45. The zero-order chi connectivity index (χ0) is 19.9. The van der Waals surface area contributed by atoms with Crippen LogP contribution in [0, 0.1) is 12.7 Å². The molecule has 0 aliphatic rings. The van der Waals surface area contributed by atoms with Gasteiger partial charge in [0.2, 0.25) is 5.91 Å². The van der Waals surface area contributed by atoms with Gasteiger partial charge in [0, 0.05) is 17.3 Å². The van der Waals surface area contributed by atoms with Crippen molar-refractivity contribution < 1.29 is 13.9 Å². The number of halogens is 1. The summed E-state index contributed by atoms with van der Waals surface area (Å²) in [7, 11) is 0. The molecule has 0 bridgehead atoms. The molecule has 0 aliphatic carbocycles. The fraction of sp³-hybridized carbons (Fsp3) is 0.130. The minimum atomic E-state index is -0.366. The van der Waals surface area contributed by atoms with Gasteiger partial charge in [-0.3, -0.25) is 9.78 Å². The predicted molar refractivity (Wildman–Crippen MR) is 107 cm³/mol. The summed E-state index contributed by atoms with van der Waals surface area (Å²) in [5.74, 6) is 0.637. The maximum atomic E-state index is 13.6. The van der Waals surface area contributed by atoms with Crippen molar-refractivity contribution >= 4 is 12.0 Å². The zero-order valence-electron chi connectivity index (χ0n) is 15.7. The van der Waals surface area contributed by atoms with Crippen molar-refractivity contribution in [3.8, 4) is 11.5 Å². The van der Waals surface area contributed by atoms with Gasteiger partial charge < -0.3 is 10.1 Å². The lowest BCUT2D eigenvalue weighted by Crippen LogP contribution is -2.24. The molecule has 1 aromatic heterocycles. The van der Waals surface area contributed by atoms with Gasteiger partial charge in [0.05, 0.1) is 12.2 Å². The summed E-state index contributed by atoms with van der Waals surface area (Å²) in [5, 5.41) is 2.87. The molecule has 3 aromatic rings. The second-order valence-electron chi connectivity index (χ2n) is 6.39. The minimum Gasteiger partial charge on any atom is -0.456 e. The lowest BCUT2D eigenvalue weighted by atomic mass is 10.1. The molecule has 1 N–H and O–H groups in total. The van der Waals surface area contributed by atoms with Crippen LogP contribution in [-0.2, 0) is 4.79 Å². The molecule has 142 valence electrons. The van der Waals surface area contributed by atoms with Gasteiger partial charge in [-0.2, -0.15) is 0 Å². The van der Waals surface area contributed by atoms with Gasteiger partial charge in [-0.05, 0) is 55.8 Å². The summed E-state index contributed by atoms with van der Waals surface area (Å²) in [4.78, 5) is 16.4. The second kappa shape index (κ2) is 8.95. The number of nitrogens with one attached hydrogen (secondary N) is 1. The first kappa shape index (κ1) is 19.3. The number of pyridine rings is 1. The number of ether oxygens (including phenoxy) is 1. The van der Waals surface area contributed by atoms with Gasteiger partial charge in [0.15, 0.2) is 0 Å². The Labute approximate surface area is 163 Å². The lowest BCUT2D eigenvalue weighted by molar-refractivity contribution is -0.117. The Kier molecular flexibility index (Phi) is 6.17. The molecule has 0 spiro atoms. The van der Waals surface area contributed by atoms with E-state index in [1.165, 1.54) is 18.2 Å². The third kappa shape index (κ3) is 5.27. The van der Waals surface area contributed by atoms with E-state index >= 15 is 0 Å². The van der Waals surface area contributed by atoms with Crippen molar-refractivity contribution in [2.45, 2.75) is 19.9 Å². The number of aryl methyl sites for hydroxylation is 1. The van der Waals surface area contributed by atoms with Gasteiger partial charge in [0.1, 0.15) is 17.3 Å². The number of rotatable bonds is 6. The van der Waals surface area contributed by atoms with Crippen LogP contribution in [0.2, 0.25) is 0 Å². The van der Waals surface area contributed by atoms with Crippen molar-refractivity contribution in [2.75, 3.05) is 0 Å². The van der Waals surface area contributed by atoms with E-state index in [-0.39, 0.29) is 17.8 Å². The molecule has 0 unspecified atom stereocenters. The lowest BCUT2D eigenvalue weighted by Gasteiger charge is -2.14. The third-order valence-corrected chi connectivity index (χ3v) is 4.16. The molecule has 0 saturated heterocycles. The Morgan fingerprint density at radius 3 is 2.68 bits per heavy atom. The average molecular weight is 376 g/mol. The molecule has 5 heteroatoms. The fourth-order valence-corrected chi connectivity index (χ4v) is 2.62. The van der Waals surface area contributed by atoms with Crippen LogP contribution in [0.5, 0.6) is 11.5 Å². The smallest absolute Gasteiger partial charge is 0.244 e. The van der Waals surface area contributed by atoms with E-state index < -0.39 is 0 Å². The Morgan fingerprint density at radius 2 is 1.93 bits per heavy atom. The molecule has 1 atom stereocenters. The van der Waals surface area contributed by atoms with Crippen LogP contribution in [-0.4, -0.2) is 10.9 Å². The number of carbonyl (C=O) groups is 1. The number of hydrogen-bond donors (Lipinski definition) is 1. The maximum Gasteiger partial charge on any atom is 0.244 e. The van der Waals surface area contributed by atoms with Crippen LogP contribution in [0.4, 0.5) is 4.39 Å². The highest BCUT2D eigenvalue weighted by Crippen LogP contribution is 2.24. The Balaban J connectivity index is 1.64. The first-order chi connectivity index (χ1) is 13.5. The monoisotopic (exact) mass is 376 g/mol. The molecule has 1 amide bonds. The van der Waals surface area contributed by atoms with E-state index in [1.54, 1.807) is 24.4 Å². The average Bonchev–Trinajstić information content (AvgIpc) is 2.69. The van der Waals surface area contributed by atoms with Crippen LogP contribution in [0.15, 0.2) is 72.9 Å². The van der Waals surface area contributed by atoms with E-state index in [0.717, 1.165) is 11.3 Å². The molecule has 0 fully saturated rings. The minimum absolute atomic E-state index is 0.238. The van der Waals surface area contributed by atoms with Crippen molar-refractivity contribution in [2.24, 2.45) is 0 Å². The van der Waals surface area contributed by atoms with Crippen molar-refractivity contribution in [1.82, 2.24) is 10.3 Å². The number of hydrogen-bond acceptors (Lipinski definition) is 3. The van der Waals surface area contributed by atoms with Crippen LogP contribution >= 0.6 is 0 Å². The molecular formula is C23H21FN2O2. The van der Waals surface area contributed by atoms with E-state index in [9.17, 15) is 9.18 Å². The third-order valence-electron chi connectivity index (χ3n) is 4.16. The zero-order valence-corrected chi connectivity index (χ0v) is 15.7. The normalized spacial score (nSPS) is 12.0. The highest BCUT2D eigenvalue weighted by Gasteiger charge is 2.09. The molecular weight excluding hydrogens is 355 g/mol. The molecule has 1 heterocycles. The second-order valence-corrected chi connectivity index (χ2v) is 6.39. The molecule has 2 aromatic carbocycles. The molecule has 28 heavy (non-hydrogen) atoms. The Hall–Kier alpha value is -3.47. The van der Waals surface area contributed by atoms with Crippen LogP contribution in [0.25, 0.3) is 6.08 Å². The van der Waals surface area contributed by atoms with Crippen molar-refractivity contribution in [3.05, 3.63) is 95.6 Å². The number of carbonyl (C=O) groups excluding carboxylic acids is 1. The highest BCUT2D eigenvalue weighted by molar-refractivity contribution is 5.92. The number of amides is 1. The summed E-state index contributed by atoms with van der Waals surface area (Å²) >= 11 is 0. The first-order valence-corrected chi connectivity index (χ1v) is 8.95. The van der Waals surface area contributed by atoms with E-state index in [1.807, 2.05) is 50.2 Å². The molecule has 4 nitrogen and oxygen atoms in total. The quantitative estimate of drug-likeness (QED) is 0.601. The van der Waals surface area contributed by atoms with Gasteiger partial charge in [-0.25, -0.2) is 4.39 Å². The number of aromatic nitrogens is 1. The largest absolute Gasteiger partial charge is 0.456 e. The Bertz CT molecular complexity index is 984. The van der Waals surface area contributed by atoms with E-state index in [2.05, 4.69) is 10.3 Å². The van der Waals surface area contributed by atoms with Crippen LogP contribution < -0.4 is 10.1 Å². The van der Waals surface area contributed by atoms with Gasteiger partial charge in [-0.1, -0.05) is 30.3 Å². The number of nitrogens with zero attached hydrogens (tertiary/aromatic N) is 1.